The maximum atomic E-state index is 14.1. The molecule has 0 aliphatic heterocycles. The number of unbranched alkanes of at least 4 members (excludes halogenated alkanes) is 26. The topological polar surface area (TPSA) is 55.8 Å². The Hall–Kier alpha value is -0.410. The Morgan fingerprint density at radius 1 is 0.433 bits per heavy atom. The molecule has 0 aromatic rings. The molecule has 0 heterocycles. The van der Waals surface area contributed by atoms with Gasteiger partial charge in [-0.25, -0.2) is 5.06 Å². The lowest BCUT2D eigenvalue weighted by molar-refractivity contribution is -0.870. The molecule has 7 heteroatoms. The van der Waals surface area contributed by atoms with Crippen LogP contribution in [0.15, 0.2) is 0 Å². The highest BCUT2D eigenvalue weighted by Crippen LogP contribution is 2.28. The molecule has 60 heavy (non-hydrogen) atoms. The van der Waals surface area contributed by atoms with Crippen LogP contribution < -0.4 is 24.0 Å². The zero-order chi connectivity index (χ0) is 43.5. The molecule has 0 radical (unpaired) electrons. The average Bonchev–Trinajstić information content (AvgIpc) is 3.21. The van der Waals surface area contributed by atoms with Gasteiger partial charge in [-0.05, 0) is 57.3 Å². The molecule has 0 saturated heterocycles. The summed E-state index contributed by atoms with van der Waals surface area (Å²) >= 11 is 0. The number of quaternary nitrogens is 1. The van der Waals surface area contributed by atoms with Gasteiger partial charge < -0.3 is 33.2 Å². The Labute approximate surface area is 393 Å². The van der Waals surface area contributed by atoms with Gasteiger partial charge in [-0.1, -0.05) is 214 Å². The van der Waals surface area contributed by atoms with Crippen molar-refractivity contribution in [3.8, 4) is 0 Å². The van der Waals surface area contributed by atoms with E-state index in [9.17, 15) is 9.59 Å². The van der Waals surface area contributed by atoms with Crippen LogP contribution in [0.5, 0.6) is 0 Å². The summed E-state index contributed by atoms with van der Waals surface area (Å²) in [6.45, 7) is 11.5. The summed E-state index contributed by atoms with van der Waals surface area (Å²) in [5.74, 6) is 0.948. The smallest absolute Gasteiger partial charge is 0.305 e. The highest BCUT2D eigenvalue weighted by molar-refractivity contribution is 5.75. The molecule has 6 nitrogen and oxygen atoms in total. The number of hydrogen-bond donors (Lipinski definition) is 0. The molecule has 360 valence electrons. The summed E-state index contributed by atoms with van der Waals surface area (Å²) in [5, 5.41) is 1.93. The normalized spacial score (nSPS) is 12.7. The fourth-order valence-corrected chi connectivity index (χ4v) is 8.56. The maximum absolute atomic E-state index is 14.1. The lowest BCUT2D eigenvalue weighted by Crippen LogP contribution is -3.00. The second-order valence-electron chi connectivity index (χ2n) is 19.6. The van der Waals surface area contributed by atoms with Gasteiger partial charge in [0, 0.05) is 12.8 Å². The van der Waals surface area contributed by atoms with Crippen LogP contribution in [-0.4, -0.2) is 68.4 Å². The summed E-state index contributed by atoms with van der Waals surface area (Å²) in [4.78, 5) is 33.0. The number of amides is 1. The molecule has 2 unspecified atom stereocenters. The lowest BCUT2D eigenvalue weighted by atomic mass is 9.88. The Balaban J connectivity index is 0. The zero-order valence-corrected chi connectivity index (χ0v) is 43.9. The largest absolute Gasteiger partial charge is 1.00 e. The molecule has 0 aliphatic rings. The van der Waals surface area contributed by atoms with E-state index in [1.165, 1.54) is 161 Å². The number of halogens is 1. The van der Waals surface area contributed by atoms with Crippen molar-refractivity contribution in [2.45, 2.75) is 284 Å². The summed E-state index contributed by atoms with van der Waals surface area (Å²) in [6, 6.07) is 0.158. The monoisotopic (exact) mass is 963 g/mol. The van der Waals surface area contributed by atoms with Gasteiger partial charge in [0.15, 0.2) is 0 Å². The van der Waals surface area contributed by atoms with Gasteiger partial charge in [0.2, 0.25) is 5.91 Å². The molecular weight excluding hydrogens is 855 g/mol. The second kappa shape index (κ2) is 46.6. The first-order valence-corrected chi connectivity index (χ1v) is 26.6. The van der Waals surface area contributed by atoms with Crippen LogP contribution in [0.1, 0.15) is 278 Å². The number of ether oxygens (including phenoxy) is 1. The van der Waals surface area contributed by atoms with Gasteiger partial charge >= 0.3 is 5.97 Å². The van der Waals surface area contributed by atoms with Gasteiger partial charge in [0.05, 0.1) is 46.9 Å². The summed E-state index contributed by atoms with van der Waals surface area (Å²) < 4.78 is 6.52. The van der Waals surface area contributed by atoms with E-state index in [-0.39, 0.29) is 41.9 Å². The van der Waals surface area contributed by atoms with Crippen molar-refractivity contribution < 1.29 is 47.6 Å². The minimum absolute atomic E-state index is 0. The molecule has 1 amide bonds. The third-order valence-electron chi connectivity index (χ3n) is 12.5. The molecule has 0 aliphatic carbocycles. The van der Waals surface area contributed by atoms with Crippen LogP contribution in [0.4, 0.5) is 0 Å². The van der Waals surface area contributed by atoms with E-state index in [0.29, 0.717) is 26.1 Å². The molecule has 0 aromatic heterocycles. The third kappa shape index (κ3) is 42.9. The third-order valence-corrected chi connectivity index (χ3v) is 12.5. The fourth-order valence-electron chi connectivity index (χ4n) is 8.56. The molecule has 0 spiro atoms. The molecule has 0 N–H and O–H groups in total. The lowest BCUT2D eigenvalue weighted by Gasteiger charge is -2.32. The summed E-state index contributed by atoms with van der Waals surface area (Å²) in [7, 11) is 6.72. The predicted molar refractivity (Wildman–Crippen MR) is 257 cm³/mol. The highest BCUT2D eigenvalue weighted by Gasteiger charge is 2.26. The van der Waals surface area contributed by atoms with E-state index in [1.807, 2.05) is 5.06 Å². The van der Waals surface area contributed by atoms with Crippen LogP contribution in [0.2, 0.25) is 0 Å². The van der Waals surface area contributed by atoms with Crippen LogP contribution in [-0.2, 0) is 19.2 Å². The molecule has 0 rings (SSSR count). The van der Waals surface area contributed by atoms with Crippen LogP contribution >= 0.6 is 0 Å². The molecule has 0 fully saturated rings. The van der Waals surface area contributed by atoms with E-state index in [1.54, 1.807) is 0 Å². The van der Waals surface area contributed by atoms with Gasteiger partial charge in [0.1, 0.15) is 0 Å². The van der Waals surface area contributed by atoms with E-state index in [2.05, 4.69) is 48.8 Å². The number of hydrogen-bond acceptors (Lipinski definition) is 4. The molecule has 0 saturated carbocycles. The Morgan fingerprint density at radius 3 is 1.33 bits per heavy atom. The Kier molecular flexibility index (Phi) is 47.9. The van der Waals surface area contributed by atoms with E-state index in [4.69, 9.17) is 9.57 Å². The quantitative estimate of drug-likeness (QED) is 0.0200. The van der Waals surface area contributed by atoms with E-state index >= 15 is 0 Å². The number of hydroxylamine groups is 2. The van der Waals surface area contributed by atoms with Crippen LogP contribution in [0, 0.1) is 5.92 Å². The molecule has 0 aromatic carbocycles. The second-order valence-corrected chi connectivity index (χ2v) is 19.6. The van der Waals surface area contributed by atoms with E-state index < -0.39 is 0 Å². The van der Waals surface area contributed by atoms with E-state index in [0.717, 1.165) is 94.0 Å². The molecular formula is C53H107IN2O4. The highest BCUT2D eigenvalue weighted by atomic mass is 127. The summed E-state index contributed by atoms with van der Waals surface area (Å²) in [6.07, 6.45) is 46.8. The van der Waals surface area contributed by atoms with Crippen molar-refractivity contribution in [3.63, 3.8) is 0 Å². The van der Waals surface area contributed by atoms with Crippen LogP contribution in [0.25, 0.3) is 0 Å². The minimum Gasteiger partial charge on any atom is -1.00 e. The van der Waals surface area contributed by atoms with Gasteiger partial charge in [-0.2, -0.15) is 0 Å². The van der Waals surface area contributed by atoms with Gasteiger partial charge in [-0.3, -0.25) is 14.4 Å². The van der Waals surface area contributed by atoms with Gasteiger partial charge in [0.25, 0.3) is 0 Å². The predicted octanol–water partition coefficient (Wildman–Crippen LogP) is 13.3. The van der Waals surface area contributed by atoms with Crippen LogP contribution in [0.3, 0.4) is 0 Å². The first kappa shape index (κ1) is 61.7. The number of nitrogens with zero attached hydrogens (tertiary/aromatic N) is 2. The minimum atomic E-state index is -0.0178. The Bertz CT molecular complexity index is 897. The van der Waals surface area contributed by atoms with Crippen molar-refractivity contribution >= 4 is 11.9 Å². The number of carbonyl (C=O) groups is 2. The maximum Gasteiger partial charge on any atom is 0.305 e. The van der Waals surface area contributed by atoms with Crippen molar-refractivity contribution in [2.24, 2.45) is 5.92 Å². The first-order chi connectivity index (χ1) is 28.7. The standard InChI is InChI=1S/C53H107N2O4.HI/c1-8-12-16-20-23-25-31-39-49-59-54(52(56)43-36-37-47-55(5,6)7)51(46-45-50(40-32-19-15-11-4)41-33-27-22-18-14-10-3)42-34-28-26-30-38-48-58-53(57)44-35-29-24-21-17-13-9-2;/h50-51H,8-49H2,1-7H3;1H/q+1;/p-1. The number of rotatable bonds is 47. The molecule has 0 bridgehead atoms. The summed E-state index contributed by atoms with van der Waals surface area (Å²) in [5.41, 5.74) is 0. The van der Waals surface area contributed by atoms with Crippen molar-refractivity contribution in [2.75, 3.05) is 40.9 Å². The van der Waals surface area contributed by atoms with Crippen molar-refractivity contribution in [3.05, 3.63) is 0 Å². The molecule has 2 atom stereocenters. The first-order valence-electron chi connectivity index (χ1n) is 26.6. The number of carbonyl (C=O) groups excluding carboxylic acids is 2. The zero-order valence-electron chi connectivity index (χ0n) is 41.8. The van der Waals surface area contributed by atoms with Crippen molar-refractivity contribution in [1.29, 1.82) is 0 Å². The van der Waals surface area contributed by atoms with Crippen molar-refractivity contribution in [1.82, 2.24) is 5.06 Å². The number of esters is 1. The SMILES string of the molecule is CCCCCCCCCCON(C(=O)CCCC[N+](C)(C)C)C(CCCCCCCOC(=O)CCCCCCCCC)CCC(CCCCCC)CCCCCCCC.[I-]. The van der Waals surface area contributed by atoms with Gasteiger partial charge in [-0.15, -0.1) is 0 Å². The Morgan fingerprint density at radius 2 is 0.833 bits per heavy atom. The fraction of sp³-hybridized carbons (Fsp3) is 0.962. The average molecular weight is 963 g/mol.